The predicted octanol–water partition coefficient (Wildman–Crippen LogP) is 3.31. The molecule has 2 rings (SSSR count). The maximum Gasteiger partial charge on any atom is 0.262 e. The van der Waals surface area contributed by atoms with Gasteiger partial charge in [-0.2, -0.15) is 5.26 Å². The van der Waals surface area contributed by atoms with Crippen molar-refractivity contribution in [2.24, 2.45) is 0 Å². The summed E-state index contributed by atoms with van der Waals surface area (Å²) in [4.78, 5) is 14.6. The van der Waals surface area contributed by atoms with Crippen LogP contribution in [-0.4, -0.2) is 57.9 Å². The molecular weight excluding hydrogens is 398 g/mol. The Morgan fingerprint density at radius 2 is 1.68 bits per heavy atom. The number of carbonyl (C=O) groups is 1. The first-order valence-corrected chi connectivity index (χ1v) is 10.1. The fourth-order valence-corrected chi connectivity index (χ4v) is 2.89. The molecule has 0 saturated heterocycles. The van der Waals surface area contributed by atoms with Gasteiger partial charge in [0.2, 0.25) is 0 Å². The first-order chi connectivity index (χ1) is 15.0. The lowest BCUT2D eigenvalue weighted by Crippen LogP contribution is -2.28. The Labute approximate surface area is 183 Å². The van der Waals surface area contributed by atoms with Crippen molar-refractivity contribution in [3.8, 4) is 29.1 Å². The van der Waals surface area contributed by atoms with Crippen molar-refractivity contribution < 1.29 is 23.7 Å². The molecule has 2 aromatic rings. The van der Waals surface area contributed by atoms with E-state index in [9.17, 15) is 4.79 Å². The van der Waals surface area contributed by atoms with Gasteiger partial charge in [-0.25, -0.2) is 0 Å². The molecule has 0 bridgehead atoms. The minimum atomic E-state index is -0.342. The van der Waals surface area contributed by atoms with Crippen LogP contribution in [0.4, 0.5) is 5.69 Å². The second kappa shape index (κ2) is 12.3. The minimum Gasteiger partial charge on any atom is -0.493 e. The number of nitriles is 1. The third kappa shape index (κ3) is 7.08. The van der Waals surface area contributed by atoms with E-state index >= 15 is 0 Å². The molecule has 0 aromatic heterocycles. The monoisotopic (exact) mass is 427 g/mol. The summed E-state index contributed by atoms with van der Waals surface area (Å²) in [5, 5.41) is 11.7. The van der Waals surface area contributed by atoms with Crippen LogP contribution in [0.3, 0.4) is 0 Å². The number of benzene rings is 2. The topological polar surface area (TPSA) is 93.1 Å². The highest BCUT2D eigenvalue weighted by Crippen LogP contribution is 2.31. The van der Waals surface area contributed by atoms with Gasteiger partial charge in [-0.15, -0.1) is 0 Å². The Morgan fingerprint density at radius 3 is 2.32 bits per heavy atom. The molecule has 0 spiro atoms. The molecule has 0 aliphatic carbocycles. The van der Waals surface area contributed by atoms with Crippen LogP contribution < -0.4 is 24.3 Å². The smallest absolute Gasteiger partial charge is 0.262 e. The Hall–Kier alpha value is -3.44. The zero-order chi connectivity index (χ0) is 22.6. The van der Waals surface area contributed by atoms with E-state index in [1.807, 2.05) is 6.07 Å². The number of nitrogens with one attached hydrogen (secondary N) is 1. The van der Waals surface area contributed by atoms with Gasteiger partial charge in [0, 0.05) is 24.4 Å². The number of amides is 1. The van der Waals surface area contributed by atoms with Crippen molar-refractivity contribution in [2.45, 2.75) is 13.8 Å². The van der Waals surface area contributed by atoms with Crippen LogP contribution in [0.2, 0.25) is 0 Å². The average molecular weight is 428 g/mol. The molecule has 0 unspecified atom stereocenters. The number of anilines is 1. The number of methoxy groups -OCH3 is 2. The number of likely N-dealkylation sites (N-methyl/N-ethyl adjacent to an activating group) is 1. The van der Waals surface area contributed by atoms with E-state index in [0.29, 0.717) is 40.9 Å². The van der Waals surface area contributed by atoms with Gasteiger partial charge >= 0.3 is 0 Å². The predicted molar refractivity (Wildman–Crippen MR) is 118 cm³/mol. The molecule has 31 heavy (non-hydrogen) atoms. The molecule has 0 aliphatic rings. The number of nitrogens with zero attached hydrogens (tertiary/aromatic N) is 2. The van der Waals surface area contributed by atoms with Gasteiger partial charge in [0.1, 0.15) is 6.61 Å². The minimum absolute atomic E-state index is 0.216. The van der Waals surface area contributed by atoms with E-state index in [1.54, 1.807) is 43.5 Å². The zero-order valence-corrected chi connectivity index (χ0v) is 18.4. The van der Waals surface area contributed by atoms with Crippen molar-refractivity contribution in [2.75, 3.05) is 52.4 Å². The zero-order valence-electron chi connectivity index (χ0n) is 18.4. The third-order valence-corrected chi connectivity index (χ3v) is 4.66. The molecule has 1 amide bonds. The van der Waals surface area contributed by atoms with Crippen molar-refractivity contribution in [3.05, 3.63) is 42.0 Å². The molecule has 0 aliphatic heterocycles. The van der Waals surface area contributed by atoms with E-state index in [4.69, 9.17) is 24.2 Å². The summed E-state index contributed by atoms with van der Waals surface area (Å²) in [5.74, 6) is 1.58. The summed E-state index contributed by atoms with van der Waals surface area (Å²) in [6.45, 7) is 7.22. The quantitative estimate of drug-likeness (QED) is 0.555. The van der Waals surface area contributed by atoms with Gasteiger partial charge in [0.25, 0.3) is 5.91 Å². The second-order valence-electron chi connectivity index (χ2n) is 6.56. The number of rotatable bonds is 12. The largest absolute Gasteiger partial charge is 0.493 e. The van der Waals surface area contributed by atoms with Crippen LogP contribution in [0.1, 0.15) is 19.4 Å². The Balaban J connectivity index is 1.97. The van der Waals surface area contributed by atoms with E-state index < -0.39 is 0 Å². The standard InChI is InChI=1S/C23H29N3O5/c1-5-26(6-2)11-12-30-22-14-18(8-10-19(22)28-3)25-23(27)16-31-20-9-7-17(15-24)13-21(20)29-4/h7-10,13-14H,5-6,11-12,16H2,1-4H3,(H,25,27). The van der Waals surface area contributed by atoms with E-state index in [0.717, 1.165) is 19.6 Å². The van der Waals surface area contributed by atoms with Gasteiger partial charge < -0.3 is 29.2 Å². The van der Waals surface area contributed by atoms with Gasteiger partial charge in [-0.05, 0) is 37.4 Å². The molecule has 8 heteroatoms. The summed E-state index contributed by atoms with van der Waals surface area (Å²) < 4.78 is 22.0. The molecule has 0 saturated carbocycles. The number of hydrogen-bond acceptors (Lipinski definition) is 7. The molecule has 0 radical (unpaired) electrons. The first-order valence-electron chi connectivity index (χ1n) is 10.1. The lowest BCUT2D eigenvalue weighted by Gasteiger charge is -2.19. The molecule has 8 nitrogen and oxygen atoms in total. The maximum atomic E-state index is 12.3. The lowest BCUT2D eigenvalue weighted by molar-refractivity contribution is -0.118. The Morgan fingerprint density at radius 1 is 0.968 bits per heavy atom. The maximum absolute atomic E-state index is 12.3. The molecule has 2 aromatic carbocycles. The number of ether oxygens (including phenoxy) is 4. The van der Waals surface area contributed by atoms with E-state index in [-0.39, 0.29) is 12.5 Å². The average Bonchev–Trinajstić information content (AvgIpc) is 2.80. The summed E-state index contributed by atoms with van der Waals surface area (Å²) in [6.07, 6.45) is 0. The number of hydrogen-bond donors (Lipinski definition) is 1. The molecular formula is C23H29N3O5. The van der Waals surface area contributed by atoms with Crippen LogP contribution in [-0.2, 0) is 4.79 Å². The van der Waals surface area contributed by atoms with Crippen molar-refractivity contribution in [3.63, 3.8) is 0 Å². The SMILES string of the molecule is CCN(CC)CCOc1cc(NC(=O)COc2ccc(C#N)cc2OC)ccc1OC. The van der Waals surface area contributed by atoms with Crippen LogP contribution in [0.5, 0.6) is 23.0 Å². The van der Waals surface area contributed by atoms with Crippen molar-refractivity contribution in [1.82, 2.24) is 4.90 Å². The van der Waals surface area contributed by atoms with Crippen LogP contribution in [0, 0.1) is 11.3 Å². The van der Waals surface area contributed by atoms with E-state index in [1.165, 1.54) is 7.11 Å². The second-order valence-corrected chi connectivity index (χ2v) is 6.56. The summed E-state index contributed by atoms with van der Waals surface area (Å²) in [5.41, 5.74) is 1.01. The van der Waals surface area contributed by atoms with Gasteiger partial charge in [-0.3, -0.25) is 4.79 Å². The van der Waals surface area contributed by atoms with Gasteiger partial charge in [-0.1, -0.05) is 13.8 Å². The third-order valence-electron chi connectivity index (χ3n) is 4.66. The van der Waals surface area contributed by atoms with Gasteiger partial charge in [0.05, 0.1) is 25.9 Å². The summed E-state index contributed by atoms with van der Waals surface area (Å²) in [6, 6.07) is 12.0. The highest BCUT2D eigenvalue weighted by atomic mass is 16.5. The van der Waals surface area contributed by atoms with Crippen molar-refractivity contribution >= 4 is 11.6 Å². The highest BCUT2D eigenvalue weighted by Gasteiger charge is 2.12. The summed E-state index contributed by atoms with van der Waals surface area (Å²) in [7, 11) is 3.05. The van der Waals surface area contributed by atoms with Crippen LogP contribution in [0.25, 0.3) is 0 Å². The molecule has 166 valence electrons. The molecule has 0 fully saturated rings. The van der Waals surface area contributed by atoms with Gasteiger partial charge in [0.15, 0.2) is 29.6 Å². The highest BCUT2D eigenvalue weighted by molar-refractivity contribution is 5.92. The first kappa shape index (κ1) is 23.8. The molecule has 1 N–H and O–H groups in total. The van der Waals surface area contributed by atoms with Crippen LogP contribution >= 0.6 is 0 Å². The lowest BCUT2D eigenvalue weighted by atomic mass is 10.2. The molecule has 0 atom stereocenters. The fraction of sp³-hybridized carbons (Fsp3) is 0.391. The Kier molecular flexibility index (Phi) is 9.46. The van der Waals surface area contributed by atoms with Crippen molar-refractivity contribution in [1.29, 1.82) is 5.26 Å². The number of carbonyl (C=O) groups excluding carboxylic acids is 1. The fourth-order valence-electron chi connectivity index (χ4n) is 2.89. The summed E-state index contributed by atoms with van der Waals surface area (Å²) >= 11 is 0. The van der Waals surface area contributed by atoms with Crippen LogP contribution in [0.15, 0.2) is 36.4 Å². The Bertz CT molecular complexity index is 907. The normalized spacial score (nSPS) is 10.3. The molecule has 0 heterocycles. The van der Waals surface area contributed by atoms with E-state index in [2.05, 4.69) is 24.1 Å².